The van der Waals surface area contributed by atoms with Crippen molar-refractivity contribution in [3.8, 4) is 0 Å². The van der Waals surface area contributed by atoms with Crippen molar-refractivity contribution in [1.29, 1.82) is 0 Å². The van der Waals surface area contributed by atoms with Gasteiger partial charge in [0, 0.05) is 12.4 Å². The molecule has 32 heavy (non-hydrogen) atoms. The minimum atomic E-state index is -1.14. The van der Waals surface area contributed by atoms with E-state index in [2.05, 4.69) is 13.8 Å². The molecular formula is C25H35KO6. The maximum atomic E-state index is 13.1. The summed E-state index contributed by atoms with van der Waals surface area (Å²) in [5.41, 5.74) is -0.548. The van der Waals surface area contributed by atoms with Crippen LogP contribution in [0.3, 0.4) is 0 Å². The van der Waals surface area contributed by atoms with E-state index in [0.29, 0.717) is 12.8 Å². The predicted octanol–water partition coefficient (Wildman–Crippen LogP) is -0.571. The third-order valence-corrected chi connectivity index (χ3v) is 10.00. The molecule has 0 aromatic carbocycles. The van der Waals surface area contributed by atoms with Gasteiger partial charge < -0.3 is 19.7 Å². The number of hydrogen-bond acceptors (Lipinski definition) is 6. The molecule has 0 bridgehead atoms. The molecule has 7 heteroatoms. The number of methoxy groups -OCH3 is 1. The Labute approximate surface area is 233 Å². The van der Waals surface area contributed by atoms with E-state index in [9.17, 15) is 24.6 Å². The summed E-state index contributed by atoms with van der Waals surface area (Å²) in [5.74, 6) is -1.28. The van der Waals surface area contributed by atoms with Crippen LogP contribution in [0.15, 0.2) is 11.6 Å². The first-order valence-corrected chi connectivity index (χ1v) is 11.7. The zero-order valence-electron chi connectivity index (χ0n) is 20.1. The molecule has 4 aliphatic rings. The van der Waals surface area contributed by atoms with Crippen LogP contribution in [0.25, 0.3) is 0 Å². The number of carboxylic acids is 1. The number of carbonyl (C=O) groups is 3. The zero-order chi connectivity index (χ0) is 22.8. The van der Waals surface area contributed by atoms with Crippen molar-refractivity contribution in [3.63, 3.8) is 0 Å². The van der Waals surface area contributed by atoms with Gasteiger partial charge in [0.1, 0.15) is 0 Å². The standard InChI is InChI=1S/C25H36O6.K/c1-14-18-13-15(26)5-9-23(18,2)16-6-10-24(3)17(21(16)20(14)22(29)31-4)7-11-25(24,30)12-8-19(27)28;/h13-14,16-17,20-21,30H,5-12H2,1-4H3,(H,27,28);/q;+1/p-1/t14-,16?,17?,20+,21?,23+,24-,25+;/m0./s1. The Morgan fingerprint density at radius 1 is 1.19 bits per heavy atom. The molecule has 0 saturated heterocycles. The summed E-state index contributed by atoms with van der Waals surface area (Å²) in [5, 5.41) is 22.7. The Kier molecular flexibility index (Phi) is 7.63. The Morgan fingerprint density at radius 2 is 1.84 bits per heavy atom. The van der Waals surface area contributed by atoms with E-state index in [4.69, 9.17) is 4.74 Å². The van der Waals surface area contributed by atoms with E-state index in [0.717, 1.165) is 31.3 Å². The predicted molar refractivity (Wildman–Crippen MR) is 111 cm³/mol. The number of allylic oxidation sites excluding steroid dienone is 1. The topological polar surface area (TPSA) is 104 Å². The van der Waals surface area contributed by atoms with E-state index in [1.54, 1.807) is 6.08 Å². The number of rotatable bonds is 4. The Hall–Kier alpha value is -0.0536. The van der Waals surface area contributed by atoms with Gasteiger partial charge in [-0.3, -0.25) is 9.59 Å². The van der Waals surface area contributed by atoms with Gasteiger partial charge in [0.2, 0.25) is 0 Å². The van der Waals surface area contributed by atoms with Crippen molar-refractivity contribution in [2.24, 2.45) is 40.4 Å². The molecule has 0 aromatic heterocycles. The molecule has 0 heterocycles. The van der Waals surface area contributed by atoms with Crippen molar-refractivity contribution in [2.45, 2.75) is 77.7 Å². The van der Waals surface area contributed by atoms with Crippen LogP contribution < -0.4 is 56.5 Å². The maximum Gasteiger partial charge on any atom is 1.00 e. The van der Waals surface area contributed by atoms with Crippen LogP contribution in [0.5, 0.6) is 0 Å². The number of ketones is 1. The number of fused-ring (bicyclic) bond motifs is 5. The SMILES string of the molecule is COC(=O)[C@H]1C2C(CC[C@@]3(C)C2CC[C@@]3(O)CCC(=O)[O-])[C@@]2(C)CCC(=O)C=C2[C@@H]1C.[K+]. The van der Waals surface area contributed by atoms with E-state index >= 15 is 0 Å². The molecule has 8 atom stereocenters. The first-order valence-electron chi connectivity index (χ1n) is 11.7. The quantitative estimate of drug-likeness (QED) is 0.436. The number of carbonyl (C=O) groups excluding carboxylic acids is 3. The molecule has 0 aliphatic heterocycles. The summed E-state index contributed by atoms with van der Waals surface area (Å²) in [6.07, 6.45) is 6.13. The van der Waals surface area contributed by atoms with Crippen molar-refractivity contribution in [3.05, 3.63) is 11.6 Å². The molecule has 4 rings (SSSR count). The zero-order valence-corrected chi connectivity index (χ0v) is 23.2. The number of hydrogen-bond donors (Lipinski definition) is 1. The normalized spacial score (nSPS) is 45.0. The molecular weight excluding hydrogens is 435 g/mol. The molecule has 6 nitrogen and oxygen atoms in total. The Balaban J connectivity index is 0.00000289. The van der Waals surface area contributed by atoms with Gasteiger partial charge in [-0.2, -0.15) is 0 Å². The second kappa shape index (κ2) is 9.19. The number of ether oxygens (including phenoxy) is 1. The summed E-state index contributed by atoms with van der Waals surface area (Å²) in [6, 6.07) is 0. The first-order chi connectivity index (χ1) is 14.5. The van der Waals surface area contributed by atoms with Crippen molar-refractivity contribution >= 4 is 17.7 Å². The first kappa shape index (κ1) is 26.5. The summed E-state index contributed by atoms with van der Waals surface area (Å²) in [7, 11) is 1.42. The van der Waals surface area contributed by atoms with Gasteiger partial charge in [0.25, 0.3) is 0 Å². The molecule has 0 amide bonds. The van der Waals surface area contributed by atoms with Gasteiger partial charge in [-0.05, 0) is 85.5 Å². The van der Waals surface area contributed by atoms with Gasteiger partial charge in [-0.15, -0.1) is 0 Å². The van der Waals surface area contributed by atoms with Crippen LogP contribution in [-0.4, -0.2) is 35.5 Å². The molecule has 4 aliphatic carbocycles. The fraction of sp³-hybridized carbons (Fsp3) is 0.800. The molecule has 0 aromatic rings. The fourth-order valence-corrected chi connectivity index (χ4v) is 8.28. The van der Waals surface area contributed by atoms with Gasteiger partial charge >= 0.3 is 57.4 Å². The van der Waals surface area contributed by atoms with Crippen molar-refractivity contribution in [1.82, 2.24) is 0 Å². The summed E-state index contributed by atoms with van der Waals surface area (Å²) >= 11 is 0. The second-order valence-electron chi connectivity index (χ2n) is 11.0. The molecule has 3 fully saturated rings. The van der Waals surface area contributed by atoms with E-state index in [1.165, 1.54) is 7.11 Å². The monoisotopic (exact) mass is 470 g/mol. The fourth-order valence-electron chi connectivity index (χ4n) is 8.28. The minimum absolute atomic E-state index is 0. The van der Waals surface area contributed by atoms with Crippen LogP contribution in [0.1, 0.15) is 72.1 Å². The molecule has 3 unspecified atom stereocenters. The third-order valence-electron chi connectivity index (χ3n) is 10.00. The maximum absolute atomic E-state index is 13.1. The summed E-state index contributed by atoms with van der Waals surface area (Å²) in [6.45, 7) is 6.39. The molecule has 0 radical (unpaired) electrons. The Bertz CT molecular complexity index is 838. The van der Waals surface area contributed by atoms with Crippen molar-refractivity contribution < 1.29 is 80.7 Å². The van der Waals surface area contributed by atoms with Crippen LogP contribution in [-0.2, 0) is 19.1 Å². The minimum Gasteiger partial charge on any atom is -0.550 e. The number of carboxylic acid groups (broad SMARTS) is 1. The Morgan fingerprint density at radius 3 is 2.47 bits per heavy atom. The van der Waals surface area contributed by atoms with E-state index < -0.39 is 17.0 Å². The number of aliphatic carboxylic acids is 1. The molecule has 172 valence electrons. The molecule has 0 spiro atoms. The summed E-state index contributed by atoms with van der Waals surface area (Å²) in [4.78, 5) is 36.5. The van der Waals surface area contributed by atoms with Gasteiger partial charge in [0.15, 0.2) is 5.78 Å². The largest absolute Gasteiger partial charge is 1.00 e. The molecule has 3 saturated carbocycles. The van der Waals surface area contributed by atoms with Gasteiger partial charge in [-0.25, -0.2) is 0 Å². The van der Waals surface area contributed by atoms with E-state index in [1.807, 2.05) is 6.92 Å². The van der Waals surface area contributed by atoms with Crippen molar-refractivity contribution in [2.75, 3.05) is 7.11 Å². The van der Waals surface area contributed by atoms with Crippen LogP contribution in [0, 0.1) is 40.4 Å². The number of aliphatic hydroxyl groups is 1. The van der Waals surface area contributed by atoms with Crippen LogP contribution in [0.2, 0.25) is 0 Å². The second-order valence-corrected chi connectivity index (χ2v) is 11.0. The van der Waals surface area contributed by atoms with Gasteiger partial charge in [0.05, 0.1) is 18.6 Å². The molecule has 1 N–H and O–H groups in total. The average molecular weight is 471 g/mol. The van der Waals surface area contributed by atoms with Gasteiger partial charge in [-0.1, -0.05) is 26.3 Å². The van der Waals surface area contributed by atoms with Crippen LogP contribution in [0.4, 0.5) is 0 Å². The number of esters is 1. The van der Waals surface area contributed by atoms with Crippen LogP contribution >= 0.6 is 0 Å². The van der Waals surface area contributed by atoms with E-state index in [-0.39, 0.29) is 111 Å². The third kappa shape index (κ3) is 3.83. The average Bonchev–Trinajstić information content (AvgIpc) is 2.99. The smallest absolute Gasteiger partial charge is 0.550 e. The summed E-state index contributed by atoms with van der Waals surface area (Å²) < 4.78 is 5.26.